The molecule has 2 aliphatic rings. The number of pyridine rings is 3. The van der Waals surface area contributed by atoms with Crippen LogP contribution in [0.25, 0.3) is 22.0 Å². The minimum atomic E-state index is -0.209. The number of aromatic nitrogens is 5. The molecule has 0 bridgehead atoms. The van der Waals surface area contributed by atoms with Gasteiger partial charge in [0.2, 0.25) is 0 Å². The van der Waals surface area contributed by atoms with Gasteiger partial charge in [-0.25, -0.2) is 9.97 Å². The zero-order valence-electron chi connectivity index (χ0n) is 19.1. The highest BCUT2D eigenvalue weighted by molar-refractivity contribution is 6.04. The summed E-state index contributed by atoms with van der Waals surface area (Å²) in [4.78, 5) is 30.9. The monoisotopic (exact) mass is 454 g/mol. The molecule has 0 radical (unpaired) electrons. The predicted molar refractivity (Wildman–Crippen MR) is 131 cm³/mol. The van der Waals surface area contributed by atoms with Crippen molar-refractivity contribution in [3.63, 3.8) is 0 Å². The maximum Gasteiger partial charge on any atom is 0.257 e. The molecule has 6 rings (SSSR count). The van der Waals surface area contributed by atoms with Crippen LogP contribution in [0.4, 0.5) is 11.6 Å². The fourth-order valence-electron chi connectivity index (χ4n) is 4.24. The second-order valence-corrected chi connectivity index (χ2v) is 9.07. The lowest BCUT2D eigenvalue weighted by molar-refractivity contribution is 0.102. The number of nitrogens with one attached hydrogen (secondary N) is 1. The van der Waals surface area contributed by atoms with Crippen molar-refractivity contribution in [2.24, 2.45) is 0 Å². The Hall–Kier alpha value is -3.85. The van der Waals surface area contributed by atoms with Crippen LogP contribution in [0, 0.1) is 0 Å². The summed E-state index contributed by atoms with van der Waals surface area (Å²) < 4.78 is 2.03. The third kappa shape index (κ3) is 4.22. The molecule has 1 saturated carbocycles. The molecule has 4 aromatic rings. The maximum atomic E-state index is 13.0. The minimum Gasteiger partial charge on any atom is -0.354 e. The van der Waals surface area contributed by atoms with Gasteiger partial charge in [-0.15, -0.1) is 0 Å². The van der Waals surface area contributed by atoms with E-state index in [2.05, 4.69) is 54.5 Å². The van der Waals surface area contributed by atoms with E-state index in [1.807, 2.05) is 29.2 Å². The molecule has 2 fully saturated rings. The van der Waals surface area contributed by atoms with Crippen LogP contribution >= 0.6 is 0 Å². The highest BCUT2D eigenvalue weighted by Gasteiger charge is 2.24. The topological polar surface area (TPSA) is 92.1 Å². The van der Waals surface area contributed by atoms with E-state index in [1.54, 1.807) is 18.5 Å². The third-order valence-corrected chi connectivity index (χ3v) is 6.50. The molecule has 4 aromatic heterocycles. The molecule has 0 atom stereocenters. The van der Waals surface area contributed by atoms with Gasteiger partial charge in [-0.05, 0) is 44.2 Å². The van der Waals surface area contributed by atoms with Crippen molar-refractivity contribution in [3.05, 3.63) is 60.8 Å². The molecule has 1 saturated heterocycles. The summed E-state index contributed by atoms with van der Waals surface area (Å²) >= 11 is 0. The first-order valence-corrected chi connectivity index (χ1v) is 11.6. The van der Waals surface area contributed by atoms with Crippen molar-refractivity contribution in [3.8, 4) is 11.1 Å². The average molecular weight is 455 g/mol. The van der Waals surface area contributed by atoms with Crippen LogP contribution in [0.1, 0.15) is 29.2 Å². The van der Waals surface area contributed by atoms with Gasteiger partial charge in [0.1, 0.15) is 11.6 Å². The maximum absolute atomic E-state index is 13.0. The van der Waals surface area contributed by atoms with Gasteiger partial charge in [-0.1, -0.05) is 0 Å². The Bertz CT molecular complexity index is 1350. The number of amides is 1. The number of fused-ring (bicyclic) bond motifs is 1. The summed E-state index contributed by atoms with van der Waals surface area (Å²) in [6, 6.07) is 8.04. The summed E-state index contributed by atoms with van der Waals surface area (Å²) in [5.74, 6) is 1.11. The molecule has 0 unspecified atom stereocenters. The van der Waals surface area contributed by atoms with E-state index in [0.29, 0.717) is 17.4 Å². The smallest absolute Gasteiger partial charge is 0.257 e. The number of likely N-dealkylation sites (N-methyl/N-ethyl adjacent to an activating group) is 1. The highest BCUT2D eigenvalue weighted by Crippen LogP contribution is 2.35. The van der Waals surface area contributed by atoms with Crippen LogP contribution in [0.15, 0.2) is 55.2 Å². The second-order valence-electron chi connectivity index (χ2n) is 9.07. The van der Waals surface area contributed by atoms with Gasteiger partial charge in [-0.3, -0.25) is 14.5 Å². The van der Waals surface area contributed by atoms with Crippen molar-refractivity contribution in [1.82, 2.24) is 29.6 Å². The Morgan fingerprint density at radius 3 is 2.65 bits per heavy atom. The van der Waals surface area contributed by atoms with E-state index >= 15 is 0 Å². The predicted octanol–water partition coefficient (Wildman–Crippen LogP) is 3.23. The largest absolute Gasteiger partial charge is 0.354 e. The van der Waals surface area contributed by atoms with Gasteiger partial charge in [0.25, 0.3) is 5.91 Å². The van der Waals surface area contributed by atoms with Gasteiger partial charge in [0, 0.05) is 66.8 Å². The van der Waals surface area contributed by atoms with Gasteiger partial charge in [0.05, 0.1) is 24.0 Å². The van der Waals surface area contributed by atoms with E-state index in [9.17, 15) is 4.79 Å². The van der Waals surface area contributed by atoms with Crippen LogP contribution in [-0.4, -0.2) is 68.8 Å². The van der Waals surface area contributed by atoms with Gasteiger partial charge < -0.3 is 15.1 Å². The van der Waals surface area contributed by atoms with Crippen LogP contribution in [0.2, 0.25) is 0 Å². The second kappa shape index (κ2) is 8.49. The molecule has 1 aliphatic heterocycles. The Kier molecular flexibility index (Phi) is 5.18. The number of anilines is 2. The molecule has 9 nitrogen and oxygen atoms in total. The summed E-state index contributed by atoms with van der Waals surface area (Å²) in [6.45, 7) is 3.76. The van der Waals surface area contributed by atoms with Crippen LogP contribution in [0.5, 0.6) is 0 Å². The first kappa shape index (κ1) is 20.7. The van der Waals surface area contributed by atoms with Crippen LogP contribution < -0.4 is 10.2 Å². The standard InChI is InChI=1S/C25H26N8O/c1-31-6-8-32(9-7-31)24-12-17(4-5-26-24)25(34)30-23-11-18-10-19(13-27-22(18)15-28-23)20-14-29-33(16-20)21-2-3-21/h4-5,10-16,21H,2-3,6-9H2,1H3,(H,28,30,34). The summed E-state index contributed by atoms with van der Waals surface area (Å²) in [5.41, 5.74) is 3.37. The molecule has 1 aliphatic carbocycles. The number of carbonyl (C=O) groups is 1. The fourth-order valence-corrected chi connectivity index (χ4v) is 4.24. The molecule has 34 heavy (non-hydrogen) atoms. The summed E-state index contributed by atoms with van der Waals surface area (Å²) in [6.07, 6.45) is 11.6. The molecular weight excluding hydrogens is 428 g/mol. The first-order chi connectivity index (χ1) is 16.6. The van der Waals surface area contributed by atoms with E-state index in [4.69, 9.17) is 0 Å². The molecule has 0 aromatic carbocycles. The normalized spacial score (nSPS) is 16.7. The van der Waals surface area contributed by atoms with Crippen LogP contribution in [0.3, 0.4) is 0 Å². The number of hydrogen-bond donors (Lipinski definition) is 1. The molecule has 1 amide bonds. The number of carbonyl (C=O) groups excluding carboxylic acids is 1. The minimum absolute atomic E-state index is 0.209. The average Bonchev–Trinajstić information content (AvgIpc) is 3.60. The lowest BCUT2D eigenvalue weighted by Gasteiger charge is -2.33. The SMILES string of the molecule is CN1CCN(c2cc(C(=O)Nc3cc4cc(-c5cnn(C6CC6)c5)cnc4cn3)ccn2)CC1. The van der Waals surface area contributed by atoms with Gasteiger partial charge in [0.15, 0.2) is 0 Å². The Labute approximate surface area is 197 Å². The third-order valence-electron chi connectivity index (χ3n) is 6.50. The molecule has 1 N–H and O–H groups in total. The fraction of sp³-hybridized carbons (Fsp3) is 0.320. The lowest BCUT2D eigenvalue weighted by atomic mass is 10.1. The molecule has 9 heteroatoms. The number of piperazine rings is 1. The molecular formula is C25H26N8O. The summed E-state index contributed by atoms with van der Waals surface area (Å²) in [5, 5.41) is 8.32. The molecule has 0 spiro atoms. The van der Waals surface area contributed by atoms with E-state index in [0.717, 1.165) is 54.0 Å². The molecule has 172 valence electrons. The number of rotatable bonds is 5. The highest BCUT2D eigenvalue weighted by atomic mass is 16.1. The van der Waals surface area contributed by atoms with E-state index in [-0.39, 0.29) is 5.91 Å². The van der Waals surface area contributed by atoms with Crippen molar-refractivity contribution in [2.45, 2.75) is 18.9 Å². The van der Waals surface area contributed by atoms with Gasteiger partial charge >= 0.3 is 0 Å². The quantitative estimate of drug-likeness (QED) is 0.495. The van der Waals surface area contributed by atoms with Crippen LogP contribution in [-0.2, 0) is 0 Å². The Morgan fingerprint density at radius 2 is 1.82 bits per heavy atom. The Balaban J connectivity index is 1.21. The zero-order valence-corrected chi connectivity index (χ0v) is 19.1. The summed E-state index contributed by atoms with van der Waals surface area (Å²) in [7, 11) is 2.12. The van der Waals surface area contributed by atoms with Crippen molar-refractivity contribution >= 4 is 28.4 Å². The Morgan fingerprint density at radius 1 is 0.971 bits per heavy atom. The lowest BCUT2D eigenvalue weighted by Crippen LogP contribution is -2.44. The van der Waals surface area contributed by atoms with E-state index in [1.165, 1.54) is 12.8 Å². The van der Waals surface area contributed by atoms with Crippen molar-refractivity contribution in [1.29, 1.82) is 0 Å². The van der Waals surface area contributed by atoms with Gasteiger partial charge in [-0.2, -0.15) is 5.10 Å². The molecule has 5 heterocycles. The number of hydrogen-bond acceptors (Lipinski definition) is 7. The van der Waals surface area contributed by atoms with Crippen molar-refractivity contribution in [2.75, 3.05) is 43.4 Å². The van der Waals surface area contributed by atoms with E-state index < -0.39 is 0 Å². The first-order valence-electron chi connectivity index (χ1n) is 11.6. The number of nitrogens with zero attached hydrogens (tertiary/aromatic N) is 7. The zero-order chi connectivity index (χ0) is 23.1. The van der Waals surface area contributed by atoms with Crippen molar-refractivity contribution < 1.29 is 4.79 Å².